The number of hydrogen-bond donors (Lipinski definition) is 2. The van der Waals surface area contributed by atoms with Crippen molar-refractivity contribution in [1.82, 2.24) is 19.7 Å². The van der Waals surface area contributed by atoms with Gasteiger partial charge in [0, 0.05) is 17.1 Å². The summed E-state index contributed by atoms with van der Waals surface area (Å²) >= 11 is 1.07. The fraction of sp³-hybridized carbons (Fsp3) is 0.0833. The molecule has 0 unspecified atom stereocenters. The highest BCUT2D eigenvalue weighted by atomic mass is 32.1. The predicted molar refractivity (Wildman–Crippen MR) is 127 cm³/mol. The Morgan fingerprint density at radius 1 is 1.03 bits per heavy atom. The first-order valence-electron chi connectivity index (χ1n) is 10.4. The second-order valence-electron chi connectivity index (χ2n) is 7.80. The van der Waals surface area contributed by atoms with Crippen molar-refractivity contribution in [3.63, 3.8) is 0 Å². The van der Waals surface area contributed by atoms with Crippen LogP contribution < -0.4 is 10.9 Å². The molecule has 35 heavy (non-hydrogen) atoms. The molecule has 2 aromatic carbocycles. The molecule has 0 fully saturated rings. The van der Waals surface area contributed by atoms with Gasteiger partial charge in [-0.25, -0.2) is 4.98 Å². The van der Waals surface area contributed by atoms with E-state index >= 15 is 0 Å². The predicted octanol–water partition coefficient (Wildman–Crippen LogP) is 2.75. The van der Waals surface area contributed by atoms with Gasteiger partial charge in [-0.2, -0.15) is 9.78 Å². The summed E-state index contributed by atoms with van der Waals surface area (Å²) in [6.07, 6.45) is 1.45. The highest BCUT2D eigenvalue weighted by Gasteiger charge is 2.35. The second kappa shape index (κ2) is 8.61. The van der Waals surface area contributed by atoms with Gasteiger partial charge in [0.15, 0.2) is 16.6 Å². The Morgan fingerprint density at radius 2 is 1.74 bits per heavy atom. The summed E-state index contributed by atoms with van der Waals surface area (Å²) in [6, 6.07) is 14.5. The molecule has 3 heterocycles. The molecule has 4 aromatic rings. The van der Waals surface area contributed by atoms with Gasteiger partial charge in [0.2, 0.25) is 0 Å². The molecule has 11 heteroatoms. The molecule has 3 amide bonds. The van der Waals surface area contributed by atoms with Crippen LogP contribution in [0.5, 0.6) is 5.75 Å². The Balaban J connectivity index is 1.34. The Hall–Kier alpha value is -4.64. The van der Waals surface area contributed by atoms with Gasteiger partial charge in [0.1, 0.15) is 0 Å². The average molecular weight is 487 g/mol. The number of thiazole rings is 1. The van der Waals surface area contributed by atoms with Crippen molar-refractivity contribution in [2.45, 2.75) is 13.5 Å². The quantitative estimate of drug-likeness (QED) is 0.413. The molecule has 1 aliphatic heterocycles. The van der Waals surface area contributed by atoms with Crippen LogP contribution in [-0.2, 0) is 6.54 Å². The van der Waals surface area contributed by atoms with Crippen LogP contribution in [0.1, 0.15) is 41.6 Å². The lowest BCUT2D eigenvalue weighted by Gasteiger charge is -2.11. The van der Waals surface area contributed by atoms with E-state index in [1.54, 1.807) is 42.5 Å². The van der Waals surface area contributed by atoms with E-state index in [1.165, 1.54) is 6.20 Å². The molecule has 5 rings (SSSR count). The summed E-state index contributed by atoms with van der Waals surface area (Å²) < 4.78 is 1.02. The summed E-state index contributed by atoms with van der Waals surface area (Å²) in [5, 5.41) is 16.9. The van der Waals surface area contributed by atoms with Crippen molar-refractivity contribution >= 4 is 34.2 Å². The van der Waals surface area contributed by atoms with Gasteiger partial charge in [0.25, 0.3) is 23.3 Å². The first-order chi connectivity index (χ1) is 16.8. The van der Waals surface area contributed by atoms with Crippen molar-refractivity contribution in [2.24, 2.45) is 0 Å². The first kappa shape index (κ1) is 22.2. The lowest BCUT2D eigenvalue weighted by atomic mass is 10.1. The minimum atomic E-state index is -0.773. The number of carbonyl (C=O) groups is 3. The number of nitrogens with zero attached hydrogens (tertiary/aromatic N) is 4. The number of aromatic hydroxyl groups is 1. The second-order valence-corrected chi connectivity index (χ2v) is 8.91. The van der Waals surface area contributed by atoms with Gasteiger partial charge in [-0.3, -0.25) is 29.4 Å². The molecule has 2 aromatic heterocycles. The topological polar surface area (TPSA) is 134 Å². The zero-order valence-corrected chi connectivity index (χ0v) is 19.1. The third kappa shape index (κ3) is 4.08. The molecule has 0 spiro atoms. The van der Waals surface area contributed by atoms with Crippen molar-refractivity contribution in [1.29, 1.82) is 0 Å². The van der Waals surface area contributed by atoms with Crippen LogP contribution in [-0.4, -0.2) is 42.5 Å². The van der Waals surface area contributed by atoms with Gasteiger partial charge in [-0.15, -0.1) is 0 Å². The zero-order valence-electron chi connectivity index (χ0n) is 18.3. The number of rotatable bonds is 5. The molecule has 174 valence electrons. The van der Waals surface area contributed by atoms with Crippen LogP contribution in [0.25, 0.3) is 5.69 Å². The molecule has 1 aliphatic rings. The van der Waals surface area contributed by atoms with Gasteiger partial charge in [0.05, 0.1) is 23.4 Å². The molecule has 0 saturated carbocycles. The maximum Gasteiger partial charge on any atom is 0.281 e. The Bertz CT molecular complexity index is 1540. The number of amides is 3. The van der Waals surface area contributed by atoms with E-state index in [0.717, 1.165) is 32.5 Å². The fourth-order valence-corrected chi connectivity index (χ4v) is 4.48. The Labute approximate surface area is 202 Å². The number of aromatic nitrogens is 3. The summed E-state index contributed by atoms with van der Waals surface area (Å²) in [5.74, 6) is -2.13. The van der Waals surface area contributed by atoms with Crippen LogP contribution in [0, 0.1) is 6.92 Å². The molecule has 0 atom stereocenters. The third-order valence-corrected chi connectivity index (χ3v) is 6.24. The summed E-state index contributed by atoms with van der Waals surface area (Å²) in [6.45, 7) is 1.85. The first-order valence-corrected chi connectivity index (χ1v) is 11.2. The summed E-state index contributed by atoms with van der Waals surface area (Å²) in [4.78, 5) is 56.1. The minimum Gasteiger partial charge on any atom is -0.505 e. The minimum absolute atomic E-state index is 0.00161. The van der Waals surface area contributed by atoms with Crippen LogP contribution in [0.15, 0.2) is 65.6 Å². The maximum absolute atomic E-state index is 12.8. The molecular weight excluding hydrogens is 470 g/mol. The monoisotopic (exact) mass is 487 g/mol. The van der Waals surface area contributed by atoms with Gasteiger partial charge in [-0.05, 0) is 36.8 Å². The van der Waals surface area contributed by atoms with E-state index in [2.05, 4.69) is 15.4 Å². The smallest absolute Gasteiger partial charge is 0.281 e. The van der Waals surface area contributed by atoms with Gasteiger partial charge >= 0.3 is 0 Å². The summed E-state index contributed by atoms with van der Waals surface area (Å²) in [7, 11) is 0. The highest BCUT2D eigenvalue weighted by molar-refractivity contribution is 7.15. The number of benzene rings is 2. The Morgan fingerprint density at radius 3 is 2.43 bits per heavy atom. The Kier molecular flexibility index (Phi) is 5.46. The van der Waals surface area contributed by atoms with Crippen molar-refractivity contribution in [3.05, 3.63) is 98.4 Å². The molecule has 0 bridgehead atoms. The number of fused-ring (bicyclic) bond motifs is 1. The molecule has 0 aliphatic carbocycles. The molecule has 10 nitrogen and oxygen atoms in total. The molecule has 0 radical (unpaired) electrons. The lowest BCUT2D eigenvalue weighted by Crippen LogP contribution is -2.28. The SMILES string of the molecule is Cc1cccc(-n2nc(C(=O)Nc3ncc(CN4C(=O)c5ccccc5C4=O)s3)c(O)cc2=O)c1. The maximum atomic E-state index is 12.8. The summed E-state index contributed by atoms with van der Waals surface area (Å²) in [5.41, 5.74) is 1.08. The van der Waals surface area contributed by atoms with E-state index in [9.17, 15) is 24.3 Å². The van der Waals surface area contributed by atoms with E-state index in [1.807, 2.05) is 13.0 Å². The van der Waals surface area contributed by atoms with Crippen molar-refractivity contribution in [2.75, 3.05) is 5.32 Å². The largest absolute Gasteiger partial charge is 0.505 e. The zero-order chi connectivity index (χ0) is 24.7. The number of carbonyl (C=O) groups excluding carboxylic acids is 3. The molecule has 0 saturated heterocycles. The number of aryl methyl sites for hydroxylation is 1. The van der Waals surface area contributed by atoms with Gasteiger partial charge < -0.3 is 5.11 Å². The van der Waals surface area contributed by atoms with Gasteiger partial charge in [-0.1, -0.05) is 35.6 Å². The lowest BCUT2D eigenvalue weighted by molar-refractivity contribution is 0.0643. The number of imide groups is 1. The van der Waals surface area contributed by atoms with Crippen LogP contribution in [0.3, 0.4) is 0 Å². The molecular formula is C24H17N5O5S. The van der Waals surface area contributed by atoms with Crippen LogP contribution in [0.2, 0.25) is 0 Å². The number of anilines is 1. The van der Waals surface area contributed by atoms with Crippen molar-refractivity contribution in [3.8, 4) is 11.4 Å². The van der Waals surface area contributed by atoms with E-state index < -0.39 is 29.0 Å². The van der Waals surface area contributed by atoms with E-state index in [-0.39, 0.29) is 17.4 Å². The standard InChI is InChI=1S/C24H17N5O5S/c1-13-5-4-6-14(9-13)29-19(31)10-18(30)20(27-29)21(32)26-24-25-11-15(35-24)12-28-22(33)16-7-2-3-8-17(16)23(28)34/h2-11,30H,12H2,1H3,(H,25,26,32). The van der Waals surface area contributed by atoms with Crippen LogP contribution in [0.4, 0.5) is 5.13 Å². The fourth-order valence-electron chi connectivity index (χ4n) is 3.69. The van der Waals surface area contributed by atoms with Crippen LogP contribution >= 0.6 is 11.3 Å². The number of hydrogen-bond acceptors (Lipinski definition) is 8. The highest BCUT2D eigenvalue weighted by Crippen LogP contribution is 2.27. The third-order valence-electron chi connectivity index (χ3n) is 5.34. The average Bonchev–Trinajstić information content (AvgIpc) is 3.37. The van der Waals surface area contributed by atoms with E-state index in [0.29, 0.717) is 21.7 Å². The number of nitrogens with one attached hydrogen (secondary N) is 1. The molecule has 2 N–H and O–H groups in total. The van der Waals surface area contributed by atoms with Crippen molar-refractivity contribution < 1.29 is 19.5 Å². The van der Waals surface area contributed by atoms with E-state index in [4.69, 9.17) is 0 Å². The normalized spacial score (nSPS) is 12.7.